The third-order valence-corrected chi connectivity index (χ3v) is 4.23. The van der Waals surface area contributed by atoms with Crippen molar-refractivity contribution in [1.29, 1.82) is 0 Å². The Balaban J connectivity index is 1.87. The first-order valence-corrected chi connectivity index (χ1v) is 6.65. The molecule has 0 unspecified atom stereocenters. The van der Waals surface area contributed by atoms with Crippen molar-refractivity contribution >= 4 is 11.6 Å². The number of carbonyl (C=O) groups is 1. The van der Waals surface area contributed by atoms with Crippen molar-refractivity contribution in [3.8, 4) is 0 Å². The van der Waals surface area contributed by atoms with Crippen LogP contribution in [-0.4, -0.2) is 42.5 Å². The second-order valence-electron chi connectivity index (χ2n) is 5.43. The minimum atomic E-state index is -0.365. The summed E-state index contributed by atoms with van der Waals surface area (Å²) in [7, 11) is 1.51. The van der Waals surface area contributed by atoms with Crippen LogP contribution in [0.15, 0.2) is 18.2 Å². The van der Waals surface area contributed by atoms with Gasteiger partial charge in [0.2, 0.25) is 5.91 Å². The standard InChI is InChI=1S/C14H16N2O4/c1-20-8-14(17)15-6-9-4-10(7-15)13-5-11(16(18)19)2-3-12(9)13/h2-3,5,9-10H,4,6-8H2,1H3/t9-,10+/m0/s1. The van der Waals surface area contributed by atoms with E-state index in [9.17, 15) is 14.9 Å². The Hall–Kier alpha value is -1.95. The SMILES string of the molecule is COCC(=O)N1C[C@H]2C[C@@H](C1)c1ccc([N+](=O)[O-])cc12. The largest absolute Gasteiger partial charge is 0.375 e. The van der Waals surface area contributed by atoms with Gasteiger partial charge in [0.05, 0.1) is 4.92 Å². The van der Waals surface area contributed by atoms with E-state index in [2.05, 4.69) is 0 Å². The van der Waals surface area contributed by atoms with E-state index in [4.69, 9.17) is 4.74 Å². The maximum Gasteiger partial charge on any atom is 0.269 e. The lowest BCUT2D eigenvalue weighted by Gasteiger charge is -2.32. The molecule has 2 atom stereocenters. The zero-order valence-corrected chi connectivity index (χ0v) is 11.2. The topological polar surface area (TPSA) is 72.7 Å². The highest BCUT2D eigenvalue weighted by molar-refractivity contribution is 5.78. The van der Waals surface area contributed by atoms with Gasteiger partial charge in [0.25, 0.3) is 5.69 Å². The van der Waals surface area contributed by atoms with Gasteiger partial charge in [-0.05, 0) is 17.5 Å². The number of likely N-dealkylation sites (tertiary alicyclic amines) is 1. The Morgan fingerprint density at radius 1 is 1.40 bits per heavy atom. The number of amides is 1. The van der Waals surface area contributed by atoms with Crippen LogP contribution in [0.2, 0.25) is 0 Å². The van der Waals surface area contributed by atoms with E-state index in [0.717, 1.165) is 17.5 Å². The molecule has 1 aliphatic heterocycles. The number of rotatable bonds is 3. The lowest BCUT2D eigenvalue weighted by molar-refractivity contribution is -0.384. The Labute approximate surface area is 116 Å². The van der Waals surface area contributed by atoms with Crippen molar-refractivity contribution in [2.24, 2.45) is 0 Å². The number of fused-ring (bicyclic) bond motifs is 5. The molecule has 6 nitrogen and oxygen atoms in total. The van der Waals surface area contributed by atoms with Crippen LogP contribution in [-0.2, 0) is 9.53 Å². The Bertz CT molecular complexity index is 572. The maximum absolute atomic E-state index is 11.9. The number of nitro benzene ring substituents is 1. The molecule has 1 aromatic carbocycles. The number of benzene rings is 1. The predicted molar refractivity (Wildman–Crippen MR) is 71.7 cm³/mol. The Morgan fingerprint density at radius 3 is 2.75 bits per heavy atom. The van der Waals surface area contributed by atoms with Crippen molar-refractivity contribution in [2.45, 2.75) is 18.3 Å². The molecule has 1 aromatic rings. The minimum absolute atomic E-state index is 0.00972. The van der Waals surface area contributed by atoms with Crippen LogP contribution in [0.1, 0.15) is 29.4 Å². The molecule has 106 valence electrons. The molecule has 2 aliphatic rings. The number of nitro groups is 1. The summed E-state index contributed by atoms with van der Waals surface area (Å²) < 4.78 is 4.89. The minimum Gasteiger partial charge on any atom is -0.375 e. The molecular formula is C14H16N2O4. The normalized spacial score (nSPS) is 23.6. The van der Waals surface area contributed by atoms with E-state index < -0.39 is 0 Å². The molecule has 1 aliphatic carbocycles. The molecule has 0 spiro atoms. The van der Waals surface area contributed by atoms with Crippen LogP contribution < -0.4 is 0 Å². The second-order valence-corrected chi connectivity index (χ2v) is 5.43. The number of methoxy groups -OCH3 is 1. The van der Waals surface area contributed by atoms with E-state index in [1.807, 2.05) is 11.0 Å². The third kappa shape index (κ3) is 2.06. The van der Waals surface area contributed by atoms with Crippen molar-refractivity contribution in [3.05, 3.63) is 39.4 Å². The average Bonchev–Trinajstić information content (AvgIpc) is 2.70. The molecule has 0 aromatic heterocycles. The van der Waals surface area contributed by atoms with Crippen LogP contribution in [0, 0.1) is 10.1 Å². The molecule has 2 bridgehead atoms. The highest BCUT2D eigenvalue weighted by atomic mass is 16.6. The zero-order chi connectivity index (χ0) is 14.3. The van der Waals surface area contributed by atoms with Gasteiger partial charge >= 0.3 is 0 Å². The van der Waals surface area contributed by atoms with Gasteiger partial charge in [0.1, 0.15) is 6.61 Å². The van der Waals surface area contributed by atoms with E-state index >= 15 is 0 Å². The van der Waals surface area contributed by atoms with E-state index in [-0.39, 0.29) is 29.0 Å². The van der Waals surface area contributed by atoms with Gasteiger partial charge in [-0.25, -0.2) is 0 Å². The fourth-order valence-electron chi connectivity index (χ4n) is 3.37. The van der Waals surface area contributed by atoms with Crippen molar-refractivity contribution in [1.82, 2.24) is 4.90 Å². The zero-order valence-electron chi connectivity index (χ0n) is 11.2. The quantitative estimate of drug-likeness (QED) is 0.621. The number of hydrogen-bond acceptors (Lipinski definition) is 4. The Kier molecular flexibility index (Phi) is 3.17. The van der Waals surface area contributed by atoms with E-state index in [0.29, 0.717) is 19.0 Å². The summed E-state index contributed by atoms with van der Waals surface area (Å²) in [5, 5.41) is 10.9. The number of nitrogens with zero attached hydrogens (tertiary/aromatic N) is 2. The number of hydrogen-bond donors (Lipinski definition) is 0. The summed E-state index contributed by atoms with van der Waals surface area (Å²) >= 11 is 0. The van der Waals surface area contributed by atoms with Gasteiger partial charge in [0.15, 0.2) is 0 Å². The van der Waals surface area contributed by atoms with Crippen LogP contribution in [0.4, 0.5) is 5.69 Å². The predicted octanol–water partition coefficient (Wildman–Crippen LogP) is 1.65. The molecule has 0 saturated carbocycles. The summed E-state index contributed by atoms with van der Waals surface area (Å²) in [5.41, 5.74) is 2.33. The molecule has 1 amide bonds. The van der Waals surface area contributed by atoms with Gasteiger partial charge in [-0.2, -0.15) is 0 Å². The van der Waals surface area contributed by atoms with Crippen LogP contribution in [0.3, 0.4) is 0 Å². The van der Waals surface area contributed by atoms with Crippen molar-refractivity contribution in [2.75, 3.05) is 26.8 Å². The highest BCUT2D eigenvalue weighted by Crippen LogP contribution is 2.46. The lowest BCUT2D eigenvalue weighted by Crippen LogP contribution is -2.41. The smallest absolute Gasteiger partial charge is 0.269 e. The monoisotopic (exact) mass is 276 g/mol. The molecule has 0 N–H and O–H groups in total. The molecule has 20 heavy (non-hydrogen) atoms. The molecule has 1 saturated heterocycles. The molecule has 3 rings (SSSR count). The van der Waals surface area contributed by atoms with Crippen LogP contribution in [0.25, 0.3) is 0 Å². The van der Waals surface area contributed by atoms with E-state index in [1.54, 1.807) is 12.1 Å². The Morgan fingerprint density at radius 2 is 2.10 bits per heavy atom. The van der Waals surface area contributed by atoms with Crippen molar-refractivity contribution in [3.63, 3.8) is 0 Å². The summed E-state index contributed by atoms with van der Waals surface area (Å²) in [4.78, 5) is 24.3. The fourth-order valence-corrected chi connectivity index (χ4v) is 3.37. The summed E-state index contributed by atoms with van der Waals surface area (Å²) in [6.45, 7) is 1.41. The maximum atomic E-state index is 11.9. The molecular weight excluding hydrogens is 260 g/mol. The van der Waals surface area contributed by atoms with Crippen molar-refractivity contribution < 1.29 is 14.5 Å². The number of carbonyl (C=O) groups excluding carboxylic acids is 1. The van der Waals surface area contributed by atoms with Crippen LogP contribution in [0.5, 0.6) is 0 Å². The van der Waals surface area contributed by atoms with Gasteiger partial charge in [-0.1, -0.05) is 6.07 Å². The number of ether oxygens (including phenoxy) is 1. The molecule has 1 heterocycles. The van der Waals surface area contributed by atoms with Crippen LogP contribution >= 0.6 is 0 Å². The first-order valence-electron chi connectivity index (χ1n) is 6.65. The van der Waals surface area contributed by atoms with Gasteiger partial charge in [-0.15, -0.1) is 0 Å². The highest BCUT2D eigenvalue weighted by Gasteiger charge is 2.39. The summed E-state index contributed by atoms with van der Waals surface area (Å²) in [5.74, 6) is 0.499. The van der Waals surface area contributed by atoms with E-state index in [1.165, 1.54) is 7.11 Å². The first-order chi connectivity index (χ1) is 9.60. The molecule has 0 radical (unpaired) electrons. The number of piperidine rings is 1. The lowest BCUT2D eigenvalue weighted by atomic mass is 9.96. The van der Waals surface area contributed by atoms with Gasteiger partial charge in [-0.3, -0.25) is 14.9 Å². The summed E-state index contributed by atoms with van der Waals surface area (Å²) in [6.07, 6.45) is 0.979. The fraction of sp³-hybridized carbons (Fsp3) is 0.500. The third-order valence-electron chi connectivity index (χ3n) is 4.23. The van der Waals surface area contributed by atoms with Gasteiger partial charge < -0.3 is 9.64 Å². The molecule has 1 fully saturated rings. The summed E-state index contributed by atoms with van der Waals surface area (Å²) in [6, 6.07) is 5.08. The number of non-ortho nitro benzene ring substituents is 1. The molecule has 6 heteroatoms. The van der Waals surface area contributed by atoms with Gasteiger partial charge in [0, 0.05) is 44.2 Å². The second kappa shape index (κ2) is 4.86. The first kappa shape index (κ1) is 13.1. The average molecular weight is 276 g/mol.